The Labute approximate surface area is 288 Å². The molecule has 48 heavy (non-hydrogen) atoms. The molecular formula is C44H37BN2S. The number of aryl methyl sites for hydroxylation is 2. The molecular weight excluding hydrogens is 599 g/mol. The lowest BCUT2D eigenvalue weighted by Crippen LogP contribution is -2.62. The van der Waals surface area contributed by atoms with E-state index in [0.29, 0.717) is 0 Å². The molecule has 4 heteroatoms. The molecule has 0 amide bonds. The minimum Gasteiger partial charge on any atom is -0.376 e. The van der Waals surface area contributed by atoms with Gasteiger partial charge in [0.1, 0.15) is 0 Å². The summed E-state index contributed by atoms with van der Waals surface area (Å²) in [5.41, 5.74) is 19.9. The topological polar surface area (TPSA) is 6.48 Å². The third-order valence-electron chi connectivity index (χ3n) is 11.6. The molecule has 6 aromatic rings. The SMILES string of the molecule is Cc1cc2c3c(c1)N1c4ccccc4Sc4cccc(c41)B3N(c1ccccc1C)c1cc3c(cc1-2)C(C)(C)c1ccccc1C3(C)C. The third kappa shape index (κ3) is 3.51. The predicted octanol–water partition coefficient (Wildman–Crippen LogP) is 10.4. The van der Waals surface area contributed by atoms with Crippen LogP contribution in [0.1, 0.15) is 61.1 Å². The van der Waals surface area contributed by atoms with Crippen molar-refractivity contribution >= 4 is 58.0 Å². The van der Waals surface area contributed by atoms with Crippen LogP contribution >= 0.6 is 11.8 Å². The van der Waals surface area contributed by atoms with Gasteiger partial charge in [0.15, 0.2) is 0 Å². The van der Waals surface area contributed by atoms with E-state index in [-0.39, 0.29) is 17.7 Å². The molecule has 6 aromatic carbocycles. The molecule has 3 heterocycles. The van der Waals surface area contributed by atoms with Crippen molar-refractivity contribution in [2.24, 2.45) is 0 Å². The van der Waals surface area contributed by atoms with Crippen molar-refractivity contribution in [2.75, 3.05) is 9.71 Å². The maximum absolute atomic E-state index is 2.69. The second-order valence-electron chi connectivity index (χ2n) is 15.1. The summed E-state index contributed by atoms with van der Waals surface area (Å²) in [7, 11) is 0. The molecule has 0 N–H and O–H groups in total. The van der Waals surface area contributed by atoms with Gasteiger partial charge in [-0.15, -0.1) is 0 Å². The number of hydrogen-bond acceptors (Lipinski definition) is 3. The van der Waals surface area contributed by atoms with Crippen molar-refractivity contribution in [3.05, 3.63) is 149 Å². The molecule has 10 rings (SSSR count). The summed E-state index contributed by atoms with van der Waals surface area (Å²) in [6.07, 6.45) is 0. The first-order chi connectivity index (χ1) is 23.2. The van der Waals surface area contributed by atoms with Crippen LogP contribution in [0.25, 0.3) is 11.1 Å². The standard InChI is InChI=1S/C44H37BN2S/c1-26-22-29-28-24-32-33(44(5,6)31-16-9-8-15-30(31)43(32,3)4)25-37(28)47(35-18-10-7-14-27(35)2)45-34-17-13-21-40-42(34)46(38(23-26)41(29)45)36-19-11-12-20-39(36)48-40/h7-25H,1-6H3. The van der Waals surface area contributed by atoms with Gasteiger partial charge in [0.05, 0.1) is 11.4 Å². The van der Waals surface area contributed by atoms with Gasteiger partial charge in [0.2, 0.25) is 0 Å². The molecule has 0 spiro atoms. The smallest absolute Gasteiger partial charge is 0.333 e. The number of hydrogen-bond donors (Lipinski definition) is 0. The fraction of sp³-hybridized carbons (Fsp3) is 0.182. The normalized spacial score (nSPS) is 16.7. The Hall–Kier alpha value is -4.67. The lowest BCUT2D eigenvalue weighted by molar-refractivity contribution is 0.521. The first-order valence-electron chi connectivity index (χ1n) is 17.1. The quantitative estimate of drug-likeness (QED) is 0.166. The van der Waals surface area contributed by atoms with E-state index in [4.69, 9.17) is 0 Å². The molecule has 0 atom stereocenters. The van der Waals surface area contributed by atoms with Crippen LogP contribution in [0, 0.1) is 13.8 Å². The Kier molecular flexibility index (Phi) is 5.60. The summed E-state index contributed by atoms with van der Waals surface area (Å²) in [6.45, 7) is 14.3. The molecule has 232 valence electrons. The van der Waals surface area contributed by atoms with Gasteiger partial charge >= 0.3 is 6.85 Å². The van der Waals surface area contributed by atoms with Gasteiger partial charge in [-0.2, -0.15) is 0 Å². The minimum atomic E-state index is -0.137. The minimum absolute atomic E-state index is 0.0336. The van der Waals surface area contributed by atoms with Gasteiger partial charge in [-0.3, -0.25) is 0 Å². The lowest BCUT2D eigenvalue weighted by atomic mass is 9.43. The number of anilines is 5. The average Bonchev–Trinajstić information content (AvgIpc) is 3.09. The van der Waals surface area contributed by atoms with Gasteiger partial charge in [0, 0.05) is 43.2 Å². The van der Waals surface area contributed by atoms with Crippen LogP contribution in [0.4, 0.5) is 28.4 Å². The zero-order valence-corrected chi connectivity index (χ0v) is 29.2. The van der Waals surface area contributed by atoms with Crippen molar-refractivity contribution in [3.8, 4) is 11.1 Å². The summed E-state index contributed by atoms with van der Waals surface area (Å²) < 4.78 is 0. The Morgan fingerprint density at radius 1 is 0.542 bits per heavy atom. The molecule has 0 fully saturated rings. The highest BCUT2D eigenvalue weighted by atomic mass is 32.2. The Bertz CT molecular complexity index is 2390. The highest BCUT2D eigenvalue weighted by Crippen LogP contribution is 2.57. The van der Waals surface area contributed by atoms with E-state index in [1.54, 1.807) is 0 Å². The van der Waals surface area contributed by atoms with Crippen LogP contribution in [0.5, 0.6) is 0 Å². The predicted molar refractivity (Wildman–Crippen MR) is 204 cm³/mol. The zero-order chi connectivity index (χ0) is 32.7. The van der Waals surface area contributed by atoms with Crippen LogP contribution < -0.4 is 20.6 Å². The van der Waals surface area contributed by atoms with Crippen LogP contribution in [0.15, 0.2) is 125 Å². The molecule has 2 nitrogen and oxygen atoms in total. The van der Waals surface area contributed by atoms with Gasteiger partial charge in [-0.05, 0) is 106 Å². The number of nitrogens with zero attached hydrogens (tertiary/aromatic N) is 2. The summed E-state index contributed by atoms with van der Waals surface area (Å²) in [4.78, 5) is 7.88. The highest BCUT2D eigenvalue weighted by molar-refractivity contribution is 7.99. The first-order valence-corrected chi connectivity index (χ1v) is 18.0. The number of para-hydroxylation sites is 3. The molecule has 0 bridgehead atoms. The molecule has 0 saturated heterocycles. The molecule has 0 unspecified atom stereocenters. The van der Waals surface area contributed by atoms with Gasteiger partial charge < -0.3 is 9.71 Å². The van der Waals surface area contributed by atoms with E-state index in [0.717, 1.165) is 0 Å². The maximum Gasteiger partial charge on any atom is 0.333 e. The summed E-state index contributed by atoms with van der Waals surface area (Å²) >= 11 is 1.90. The van der Waals surface area contributed by atoms with E-state index in [2.05, 4.69) is 167 Å². The van der Waals surface area contributed by atoms with E-state index >= 15 is 0 Å². The molecule has 3 aliphatic heterocycles. The van der Waals surface area contributed by atoms with Gasteiger partial charge in [-0.25, -0.2) is 0 Å². The number of fused-ring (bicyclic) bond motifs is 8. The van der Waals surface area contributed by atoms with Crippen LogP contribution in [-0.2, 0) is 10.8 Å². The van der Waals surface area contributed by atoms with Crippen molar-refractivity contribution < 1.29 is 0 Å². The van der Waals surface area contributed by atoms with E-state index in [1.807, 2.05) is 11.8 Å². The van der Waals surface area contributed by atoms with Crippen LogP contribution in [0.3, 0.4) is 0 Å². The fourth-order valence-corrected chi connectivity index (χ4v) is 10.4. The van der Waals surface area contributed by atoms with Crippen LogP contribution in [-0.4, -0.2) is 6.85 Å². The third-order valence-corrected chi connectivity index (χ3v) is 12.7. The summed E-state index contributed by atoms with van der Waals surface area (Å²) in [6, 6.07) is 44.0. The highest BCUT2D eigenvalue weighted by Gasteiger charge is 2.49. The second-order valence-corrected chi connectivity index (χ2v) is 16.2. The monoisotopic (exact) mass is 636 g/mol. The summed E-state index contributed by atoms with van der Waals surface area (Å²) in [5.74, 6) is 0. The number of benzene rings is 6. The van der Waals surface area contributed by atoms with Crippen molar-refractivity contribution in [2.45, 2.75) is 62.2 Å². The van der Waals surface area contributed by atoms with Crippen molar-refractivity contribution in [1.82, 2.24) is 0 Å². The van der Waals surface area contributed by atoms with Gasteiger partial charge in [0.25, 0.3) is 0 Å². The molecule has 0 aromatic heterocycles. The van der Waals surface area contributed by atoms with E-state index in [1.165, 1.54) is 93.7 Å². The Morgan fingerprint density at radius 3 is 1.94 bits per heavy atom. The largest absolute Gasteiger partial charge is 0.376 e. The van der Waals surface area contributed by atoms with Crippen LogP contribution in [0.2, 0.25) is 0 Å². The van der Waals surface area contributed by atoms with E-state index < -0.39 is 0 Å². The Morgan fingerprint density at radius 2 is 1.19 bits per heavy atom. The molecule has 4 aliphatic rings. The average molecular weight is 637 g/mol. The molecule has 0 saturated carbocycles. The summed E-state index contributed by atoms with van der Waals surface area (Å²) in [5, 5.41) is 0. The first kappa shape index (κ1) is 28.4. The van der Waals surface area contributed by atoms with Crippen molar-refractivity contribution in [3.63, 3.8) is 0 Å². The van der Waals surface area contributed by atoms with Gasteiger partial charge in [-0.1, -0.05) is 112 Å². The Balaban J connectivity index is 1.35. The lowest BCUT2D eigenvalue weighted by Gasteiger charge is -2.49. The fourth-order valence-electron chi connectivity index (χ4n) is 9.34. The maximum atomic E-state index is 2.69. The van der Waals surface area contributed by atoms with Crippen molar-refractivity contribution in [1.29, 1.82) is 0 Å². The molecule has 1 aliphatic carbocycles. The number of rotatable bonds is 1. The van der Waals surface area contributed by atoms with E-state index in [9.17, 15) is 0 Å². The zero-order valence-electron chi connectivity index (χ0n) is 28.3. The second kappa shape index (κ2) is 9.48. The molecule has 0 radical (unpaired) electrons.